The monoisotopic (exact) mass is 493 g/mol. The number of oxazole rings is 1. The average molecular weight is 494 g/mol. The second-order valence-electron chi connectivity index (χ2n) is 12.3. The second-order valence-corrected chi connectivity index (χ2v) is 12.3. The van der Waals surface area contributed by atoms with Crippen LogP contribution in [0.15, 0.2) is 58.3 Å². The van der Waals surface area contributed by atoms with E-state index >= 15 is 0 Å². The molecule has 36 heavy (non-hydrogen) atoms. The van der Waals surface area contributed by atoms with E-state index in [0.717, 1.165) is 36.1 Å². The largest absolute Gasteiger partial charge is 0.448 e. The van der Waals surface area contributed by atoms with E-state index in [4.69, 9.17) is 4.42 Å². The first kappa shape index (κ1) is 25.7. The molecule has 5 rings (SSSR count). The maximum Gasteiger partial charge on any atom is 0.203 e. The molecular formula is C31H43NO4. The Morgan fingerprint density at radius 1 is 1.17 bits per heavy atom. The van der Waals surface area contributed by atoms with Crippen molar-refractivity contribution in [2.24, 2.45) is 23.2 Å². The highest BCUT2D eigenvalue weighted by Gasteiger charge is 2.54. The van der Waals surface area contributed by atoms with E-state index in [2.05, 4.69) is 43.6 Å². The molecule has 0 aromatic carbocycles. The fourth-order valence-corrected chi connectivity index (χ4v) is 7.56. The summed E-state index contributed by atoms with van der Waals surface area (Å²) in [5.74, 6) is 2.20. The Labute approximate surface area is 215 Å². The first-order valence-corrected chi connectivity index (χ1v) is 13.9. The lowest BCUT2D eigenvalue weighted by atomic mass is 9.61. The van der Waals surface area contributed by atoms with Gasteiger partial charge in [0, 0.05) is 6.42 Å². The summed E-state index contributed by atoms with van der Waals surface area (Å²) in [5.41, 5.74) is 4.01. The molecule has 0 bridgehead atoms. The van der Waals surface area contributed by atoms with Gasteiger partial charge in [0.05, 0.1) is 29.4 Å². The smallest absolute Gasteiger partial charge is 0.203 e. The van der Waals surface area contributed by atoms with Gasteiger partial charge in [-0.05, 0) is 92.6 Å². The first-order valence-electron chi connectivity index (χ1n) is 13.9. The summed E-state index contributed by atoms with van der Waals surface area (Å²) in [6.45, 7) is 10.8. The minimum Gasteiger partial charge on any atom is -0.448 e. The molecule has 0 amide bonds. The summed E-state index contributed by atoms with van der Waals surface area (Å²) in [6, 6.07) is 0. The number of aryl methyl sites for hydroxylation is 1. The van der Waals surface area contributed by atoms with Gasteiger partial charge in [-0.2, -0.15) is 0 Å². The summed E-state index contributed by atoms with van der Waals surface area (Å²) in [6.07, 6.45) is 17.3. The van der Waals surface area contributed by atoms with E-state index in [1.807, 2.05) is 13.0 Å². The van der Waals surface area contributed by atoms with Crippen molar-refractivity contribution in [3.63, 3.8) is 0 Å². The normalized spacial score (nSPS) is 38.0. The molecule has 1 aromatic rings. The maximum atomic E-state index is 11.0. The molecule has 0 radical (unpaired) electrons. The summed E-state index contributed by atoms with van der Waals surface area (Å²) < 4.78 is 5.65. The molecule has 196 valence electrons. The lowest BCUT2D eigenvalue weighted by molar-refractivity contribution is 0.0862. The van der Waals surface area contributed by atoms with Crippen molar-refractivity contribution in [2.75, 3.05) is 0 Å². The van der Waals surface area contributed by atoms with Crippen LogP contribution in [0.3, 0.4) is 0 Å². The van der Waals surface area contributed by atoms with Crippen molar-refractivity contribution < 1.29 is 19.7 Å². The number of aliphatic hydroxyl groups excluding tert-OH is 3. The van der Waals surface area contributed by atoms with Crippen LogP contribution in [0.1, 0.15) is 83.2 Å². The number of aromatic nitrogens is 1. The molecule has 4 aliphatic rings. The van der Waals surface area contributed by atoms with Crippen LogP contribution in [0.25, 0.3) is 0 Å². The third-order valence-corrected chi connectivity index (χ3v) is 9.93. The lowest BCUT2D eigenvalue weighted by Gasteiger charge is -2.44. The van der Waals surface area contributed by atoms with E-state index < -0.39 is 18.3 Å². The highest BCUT2D eigenvalue weighted by atomic mass is 16.3. The summed E-state index contributed by atoms with van der Waals surface area (Å²) in [5, 5.41) is 31.3. The van der Waals surface area contributed by atoms with Crippen molar-refractivity contribution in [2.45, 2.75) is 102 Å². The summed E-state index contributed by atoms with van der Waals surface area (Å²) in [7, 11) is 0. The van der Waals surface area contributed by atoms with Gasteiger partial charge < -0.3 is 19.7 Å². The Hall–Kier alpha value is -1.95. The SMILES string of the molecule is C=C1C(=CC=C2CCC[C@]3(C)[C@@H]([C@@H](C)C=C[C@@H](O)C4(c5nc(C)co5)CC4)CC[C@@H]23)C[C@@H](O)C[C@@H]1O. The van der Waals surface area contributed by atoms with Gasteiger partial charge in [-0.3, -0.25) is 0 Å². The van der Waals surface area contributed by atoms with Gasteiger partial charge in [0.25, 0.3) is 0 Å². The Balaban J connectivity index is 1.29. The second kappa shape index (κ2) is 9.74. The number of hydrogen-bond donors (Lipinski definition) is 3. The zero-order chi connectivity index (χ0) is 25.7. The van der Waals surface area contributed by atoms with Crippen molar-refractivity contribution in [3.05, 3.63) is 65.5 Å². The van der Waals surface area contributed by atoms with Gasteiger partial charge in [-0.25, -0.2) is 4.98 Å². The van der Waals surface area contributed by atoms with Crippen molar-refractivity contribution in [1.82, 2.24) is 4.98 Å². The molecule has 0 saturated heterocycles. The Kier molecular flexibility index (Phi) is 6.95. The molecule has 1 heterocycles. The van der Waals surface area contributed by atoms with E-state index in [1.165, 1.54) is 31.3 Å². The number of fused-ring (bicyclic) bond motifs is 1. The summed E-state index contributed by atoms with van der Waals surface area (Å²) in [4.78, 5) is 4.50. The van der Waals surface area contributed by atoms with Crippen LogP contribution in [-0.4, -0.2) is 38.6 Å². The van der Waals surface area contributed by atoms with E-state index in [9.17, 15) is 15.3 Å². The maximum absolute atomic E-state index is 11.0. The minimum absolute atomic E-state index is 0.247. The molecule has 0 aliphatic heterocycles. The van der Waals surface area contributed by atoms with E-state index in [-0.39, 0.29) is 10.8 Å². The molecule has 0 spiro atoms. The van der Waals surface area contributed by atoms with Crippen molar-refractivity contribution >= 4 is 0 Å². The highest BCUT2D eigenvalue weighted by molar-refractivity contribution is 5.38. The molecular weight excluding hydrogens is 450 g/mol. The fourth-order valence-electron chi connectivity index (χ4n) is 7.56. The predicted molar refractivity (Wildman–Crippen MR) is 141 cm³/mol. The van der Waals surface area contributed by atoms with Crippen LogP contribution in [0.2, 0.25) is 0 Å². The zero-order valence-corrected chi connectivity index (χ0v) is 22.1. The van der Waals surface area contributed by atoms with E-state index in [0.29, 0.717) is 36.5 Å². The van der Waals surface area contributed by atoms with Crippen LogP contribution in [-0.2, 0) is 5.41 Å². The average Bonchev–Trinajstić information content (AvgIpc) is 3.41. The highest BCUT2D eigenvalue weighted by Crippen LogP contribution is 2.59. The topological polar surface area (TPSA) is 86.7 Å². The van der Waals surface area contributed by atoms with Crippen molar-refractivity contribution in [3.8, 4) is 0 Å². The molecule has 5 heteroatoms. The lowest BCUT2D eigenvalue weighted by Crippen LogP contribution is -2.35. The van der Waals surface area contributed by atoms with Crippen LogP contribution >= 0.6 is 0 Å². The van der Waals surface area contributed by atoms with Crippen LogP contribution < -0.4 is 0 Å². The quantitative estimate of drug-likeness (QED) is 0.442. The molecule has 7 atom stereocenters. The number of rotatable bonds is 6. The van der Waals surface area contributed by atoms with Gasteiger partial charge in [0.15, 0.2) is 0 Å². The third kappa shape index (κ3) is 4.59. The van der Waals surface area contributed by atoms with Crippen LogP contribution in [0.4, 0.5) is 0 Å². The Bertz CT molecular complexity index is 1080. The minimum atomic E-state index is -0.642. The van der Waals surface area contributed by atoms with Gasteiger partial charge >= 0.3 is 0 Å². The third-order valence-electron chi connectivity index (χ3n) is 9.93. The first-order chi connectivity index (χ1) is 17.1. The number of aliphatic hydroxyl groups is 3. The Morgan fingerprint density at radius 2 is 1.94 bits per heavy atom. The zero-order valence-electron chi connectivity index (χ0n) is 22.1. The van der Waals surface area contributed by atoms with Gasteiger partial charge in [0.1, 0.15) is 6.26 Å². The van der Waals surface area contributed by atoms with Gasteiger partial charge in [-0.15, -0.1) is 0 Å². The molecule has 3 N–H and O–H groups in total. The van der Waals surface area contributed by atoms with Gasteiger partial charge in [0.2, 0.25) is 5.89 Å². The molecule has 0 unspecified atom stereocenters. The Morgan fingerprint density at radius 3 is 2.64 bits per heavy atom. The number of nitrogens with zero attached hydrogens (tertiary/aromatic N) is 1. The standard InChI is InChI=1S/C31H43NO4/c1-19(7-12-28(35)31(14-15-31)29-32-20(2)18-36-29)25-10-11-26-22(6-5-13-30(25,26)4)8-9-23-16-24(33)17-27(34)21(23)3/h7-9,12,18-19,24-28,33-35H,3,5-6,10-11,13-17H2,1-2,4H3/t19-,24+,25+,26-,27-,28+,30+/m0/s1. The van der Waals surface area contributed by atoms with Crippen molar-refractivity contribution in [1.29, 1.82) is 0 Å². The number of hydrogen-bond acceptors (Lipinski definition) is 5. The van der Waals surface area contributed by atoms with Gasteiger partial charge in [-0.1, -0.05) is 50.3 Å². The van der Waals surface area contributed by atoms with E-state index in [1.54, 1.807) is 6.26 Å². The molecule has 4 fully saturated rings. The number of allylic oxidation sites excluding steroid dienone is 4. The predicted octanol–water partition coefficient (Wildman–Crippen LogP) is 5.71. The molecule has 4 saturated carbocycles. The van der Waals surface area contributed by atoms with Crippen LogP contribution in [0.5, 0.6) is 0 Å². The fraction of sp³-hybridized carbons (Fsp3) is 0.645. The van der Waals surface area contributed by atoms with Crippen LogP contribution in [0, 0.1) is 30.1 Å². The summed E-state index contributed by atoms with van der Waals surface area (Å²) >= 11 is 0. The molecule has 5 nitrogen and oxygen atoms in total. The molecule has 1 aromatic heterocycles. The molecule has 4 aliphatic carbocycles.